The van der Waals surface area contributed by atoms with Crippen molar-refractivity contribution in [2.45, 2.75) is 16.5 Å². The molecule has 4 heteroatoms. The summed E-state index contributed by atoms with van der Waals surface area (Å²) in [5.41, 5.74) is 0.945. The van der Waals surface area contributed by atoms with E-state index in [1.54, 1.807) is 0 Å². The van der Waals surface area contributed by atoms with Gasteiger partial charge in [-0.25, -0.2) is 0 Å². The zero-order valence-electron chi connectivity index (χ0n) is 8.64. The van der Waals surface area contributed by atoms with Crippen molar-refractivity contribution >= 4 is 43.5 Å². The van der Waals surface area contributed by atoms with Gasteiger partial charge in [-0.05, 0) is 55.5 Å². The van der Waals surface area contributed by atoms with Crippen molar-refractivity contribution in [1.82, 2.24) is 0 Å². The second kappa shape index (κ2) is 5.55. The highest BCUT2D eigenvalue weighted by atomic mass is 79.9. The predicted molar refractivity (Wildman–Crippen MR) is 72.2 cm³/mol. The Morgan fingerprint density at radius 1 is 1.27 bits per heavy atom. The number of alkyl halides is 3. The van der Waals surface area contributed by atoms with Crippen LogP contribution in [0.5, 0.6) is 5.75 Å². The van der Waals surface area contributed by atoms with Crippen LogP contribution in [0.15, 0.2) is 24.3 Å². The first kappa shape index (κ1) is 13.3. The maximum Gasteiger partial charge on any atom is 0.178 e. The van der Waals surface area contributed by atoms with Crippen LogP contribution < -0.4 is 4.74 Å². The standard InChI is InChI=1S/C11H13Br2ClO/c1-8(2)7-15-10-5-3-9(4-6-10)11(12,13)14/h3-6,8H,7H2,1-2H3. The van der Waals surface area contributed by atoms with E-state index in [1.807, 2.05) is 24.3 Å². The Morgan fingerprint density at radius 2 is 1.80 bits per heavy atom. The van der Waals surface area contributed by atoms with E-state index in [1.165, 1.54) is 0 Å². The van der Waals surface area contributed by atoms with Crippen molar-refractivity contribution in [3.63, 3.8) is 0 Å². The Morgan fingerprint density at radius 3 is 2.20 bits per heavy atom. The molecule has 15 heavy (non-hydrogen) atoms. The fraction of sp³-hybridized carbons (Fsp3) is 0.455. The molecule has 0 unspecified atom stereocenters. The zero-order chi connectivity index (χ0) is 11.5. The zero-order valence-corrected chi connectivity index (χ0v) is 12.6. The first-order chi connectivity index (χ1) is 6.89. The number of hydrogen-bond donors (Lipinski definition) is 0. The van der Waals surface area contributed by atoms with E-state index in [0.29, 0.717) is 5.92 Å². The Balaban J connectivity index is 2.65. The minimum Gasteiger partial charge on any atom is -0.493 e. The van der Waals surface area contributed by atoms with Gasteiger partial charge in [-0.15, -0.1) is 0 Å². The maximum absolute atomic E-state index is 6.03. The van der Waals surface area contributed by atoms with E-state index in [2.05, 4.69) is 45.7 Å². The van der Waals surface area contributed by atoms with E-state index < -0.39 is 2.69 Å². The van der Waals surface area contributed by atoms with Crippen LogP contribution in [0.3, 0.4) is 0 Å². The molecule has 0 aliphatic rings. The number of hydrogen-bond acceptors (Lipinski definition) is 1. The lowest BCUT2D eigenvalue weighted by Gasteiger charge is -2.13. The number of rotatable bonds is 4. The normalized spacial score (nSPS) is 11.9. The molecule has 1 nitrogen and oxygen atoms in total. The molecular formula is C11H13Br2ClO. The second-order valence-electron chi connectivity index (χ2n) is 3.73. The molecule has 0 saturated heterocycles. The monoisotopic (exact) mass is 354 g/mol. The van der Waals surface area contributed by atoms with Crippen LogP contribution >= 0.6 is 43.5 Å². The highest BCUT2D eigenvalue weighted by Gasteiger charge is 2.20. The van der Waals surface area contributed by atoms with Gasteiger partial charge in [-0.3, -0.25) is 0 Å². The molecule has 0 radical (unpaired) electrons. The third-order valence-corrected chi connectivity index (χ3v) is 2.90. The van der Waals surface area contributed by atoms with Crippen LogP contribution in [0, 0.1) is 5.92 Å². The Labute approximate surface area is 112 Å². The van der Waals surface area contributed by atoms with Crippen molar-refractivity contribution < 1.29 is 4.74 Å². The average Bonchev–Trinajstić information content (AvgIpc) is 2.14. The van der Waals surface area contributed by atoms with Crippen molar-refractivity contribution in [3.05, 3.63) is 29.8 Å². The first-order valence-corrected chi connectivity index (χ1v) is 6.66. The third-order valence-electron chi connectivity index (χ3n) is 1.76. The summed E-state index contributed by atoms with van der Waals surface area (Å²) in [6, 6.07) is 7.67. The summed E-state index contributed by atoms with van der Waals surface area (Å²) in [7, 11) is 0. The Hall–Kier alpha value is 0.270. The summed E-state index contributed by atoms with van der Waals surface area (Å²) < 4.78 is 4.88. The minimum atomic E-state index is -0.684. The summed E-state index contributed by atoms with van der Waals surface area (Å²) >= 11 is 12.7. The van der Waals surface area contributed by atoms with E-state index >= 15 is 0 Å². The first-order valence-electron chi connectivity index (χ1n) is 4.69. The highest BCUT2D eigenvalue weighted by molar-refractivity contribution is 9.25. The Bertz CT molecular complexity index is 303. The van der Waals surface area contributed by atoms with Crippen LogP contribution in [0.2, 0.25) is 0 Å². The van der Waals surface area contributed by atoms with Gasteiger partial charge in [0.25, 0.3) is 0 Å². The fourth-order valence-electron chi connectivity index (χ4n) is 1.00. The van der Waals surface area contributed by atoms with Gasteiger partial charge in [0.1, 0.15) is 5.75 Å². The number of benzene rings is 1. The molecule has 0 aromatic heterocycles. The van der Waals surface area contributed by atoms with Gasteiger partial charge in [0.15, 0.2) is 2.69 Å². The number of halogens is 3. The molecular weight excluding hydrogens is 343 g/mol. The Kier molecular flexibility index (Phi) is 4.94. The smallest absolute Gasteiger partial charge is 0.178 e. The van der Waals surface area contributed by atoms with Gasteiger partial charge in [0, 0.05) is 0 Å². The van der Waals surface area contributed by atoms with Crippen LogP contribution in [0.25, 0.3) is 0 Å². The molecule has 0 N–H and O–H groups in total. The SMILES string of the molecule is CC(C)COc1ccc(C(Cl)(Br)Br)cc1. The summed E-state index contributed by atoms with van der Waals surface area (Å²) in [4.78, 5) is 0. The molecule has 0 aliphatic heterocycles. The molecule has 1 rings (SSSR count). The van der Waals surface area contributed by atoms with Crippen LogP contribution in [-0.2, 0) is 2.69 Å². The lowest BCUT2D eigenvalue weighted by molar-refractivity contribution is 0.271. The average molecular weight is 356 g/mol. The third kappa shape index (κ3) is 4.75. The molecule has 1 aromatic carbocycles. The predicted octanol–water partition coefficient (Wildman–Crippen LogP) is 4.86. The van der Waals surface area contributed by atoms with Crippen LogP contribution in [0.4, 0.5) is 0 Å². The van der Waals surface area contributed by atoms with E-state index in [4.69, 9.17) is 16.3 Å². The summed E-state index contributed by atoms with van der Waals surface area (Å²) in [6.07, 6.45) is 0. The van der Waals surface area contributed by atoms with Gasteiger partial charge < -0.3 is 4.74 Å². The van der Waals surface area contributed by atoms with Gasteiger partial charge >= 0.3 is 0 Å². The summed E-state index contributed by atoms with van der Waals surface area (Å²) in [6.45, 7) is 4.97. The molecule has 1 aromatic rings. The molecule has 84 valence electrons. The molecule has 0 atom stereocenters. The number of ether oxygens (including phenoxy) is 1. The van der Waals surface area contributed by atoms with Gasteiger partial charge in [0.05, 0.1) is 6.61 Å². The molecule has 0 amide bonds. The second-order valence-corrected chi connectivity index (χ2v) is 8.65. The lowest BCUT2D eigenvalue weighted by Crippen LogP contribution is -2.05. The molecule has 0 spiro atoms. The van der Waals surface area contributed by atoms with Crippen molar-refractivity contribution in [2.75, 3.05) is 6.61 Å². The van der Waals surface area contributed by atoms with Gasteiger partial charge in [-0.2, -0.15) is 0 Å². The molecule has 0 saturated carbocycles. The quantitative estimate of drug-likeness (QED) is 0.700. The molecule has 0 fully saturated rings. The molecule has 0 bridgehead atoms. The topological polar surface area (TPSA) is 9.23 Å². The van der Waals surface area contributed by atoms with Crippen molar-refractivity contribution in [3.8, 4) is 5.75 Å². The highest BCUT2D eigenvalue weighted by Crippen LogP contribution is 2.42. The lowest BCUT2D eigenvalue weighted by atomic mass is 10.2. The molecule has 0 heterocycles. The van der Waals surface area contributed by atoms with Crippen molar-refractivity contribution in [2.24, 2.45) is 5.92 Å². The largest absolute Gasteiger partial charge is 0.493 e. The van der Waals surface area contributed by atoms with Gasteiger partial charge in [0.2, 0.25) is 0 Å². The van der Waals surface area contributed by atoms with E-state index in [-0.39, 0.29) is 0 Å². The van der Waals surface area contributed by atoms with E-state index in [0.717, 1.165) is 17.9 Å². The van der Waals surface area contributed by atoms with Crippen molar-refractivity contribution in [1.29, 1.82) is 0 Å². The van der Waals surface area contributed by atoms with Crippen LogP contribution in [-0.4, -0.2) is 6.61 Å². The molecule has 0 aliphatic carbocycles. The van der Waals surface area contributed by atoms with Crippen LogP contribution in [0.1, 0.15) is 19.4 Å². The summed E-state index contributed by atoms with van der Waals surface area (Å²) in [5, 5.41) is 0. The fourth-order valence-corrected chi connectivity index (χ4v) is 1.66. The van der Waals surface area contributed by atoms with E-state index in [9.17, 15) is 0 Å². The minimum absolute atomic E-state index is 0.532. The maximum atomic E-state index is 6.03. The summed E-state index contributed by atoms with van der Waals surface area (Å²) in [5.74, 6) is 1.40. The van der Waals surface area contributed by atoms with Gasteiger partial charge in [-0.1, -0.05) is 37.6 Å².